The van der Waals surface area contributed by atoms with Crippen molar-refractivity contribution in [2.24, 2.45) is 4.99 Å². The zero-order valence-electron chi connectivity index (χ0n) is 28.3. The second-order valence-electron chi connectivity index (χ2n) is 12.2. The molecule has 2 aliphatic rings. The van der Waals surface area contributed by atoms with Gasteiger partial charge in [-0.15, -0.1) is 5.10 Å². The number of aliphatic hydroxyl groups excluding tert-OH is 1. The summed E-state index contributed by atoms with van der Waals surface area (Å²) < 4.78 is 57.2. The maximum atomic E-state index is 14.4. The molecule has 13 nitrogen and oxygen atoms in total. The summed E-state index contributed by atoms with van der Waals surface area (Å²) in [6.07, 6.45) is -1.72. The fourth-order valence-corrected chi connectivity index (χ4v) is 6.58. The molecule has 1 atom stereocenters. The molecule has 0 saturated carbocycles. The van der Waals surface area contributed by atoms with Crippen LogP contribution in [0, 0.1) is 6.92 Å². The number of carbonyl (C=O) groups is 2. The highest BCUT2D eigenvalue weighted by atomic mass is 35.5. The van der Waals surface area contributed by atoms with Crippen molar-refractivity contribution >= 4 is 53.2 Å². The summed E-state index contributed by atoms with van der Waals surface area (Å²) in [5, 5.41) is 16.8. The molecule has 0 aliphatic carbocycles. The predicted octanol–water partition coefficient (Wildman–Crippen LogP) is 4.71. The Labute approximate surface area is 295 Å². The number of aliphatic hydroxyl groups is 1. The van der Waals surface area contributed by atoms with Crippen LogP contribution in [-0.4, -0.2) is 93.1 Å². The van der Waals surface area contributed by atoms with E-state index in [-0.39, 0.29) is 79.3 Å². The third-order valence-corrected chi connectivity index (χ3v) is 9.11. The fourth-order valence-electron chi connectivity index (χ4n) is 6.30. The lowest BCUT2D eigenvalue weighted by molar-refractivity contribution is -0.137. The van der Waals surface area contributed by atoms with E-state index in [4.69, 9.17) is 11.6 Å². The number of hydrogen-bond donors (Lipinski definition) is 2. The summed E-state index contributed by atoms with van der Waals surface area (Å²) in [5.41, 5.74) is -0.937. The number of allylic oxidation sites excluding steroid dienone is 2. The number of piperidine rings is 1. The zero-order chi connectivity index (χ0) is 37.2. The molecule has 5 rings (SSSR count). The number of aliphatic imine (C=N–C) groups is 1. The standard InChI is InChI=1S/C33H38ClF4N9O4/c1-5-8-25(48)27(39-4)29(50)44-13-11-43(12-14-44)28-24(6-2)46(18-26(49)40-23-16-22(34)21(15-19(23)3)33(36,37)38)32-41-31(42-47(32)30(28)51)45-10-7-9-20(35)17-45/h5,8,15-16,20,48H,4,6-7,9-14,17-18H2,1-3H3,(H,40,49)/b8-5-,27-25+. The van der Waals surface area contributed by atoms with E-state index < -0.39 is 46.9 Å². The lowest BCUT2D eigenvalue weighted by Crippen LogP contribution is -2.51. The summed E-state index contributed by atoms with van der Waals surface area (Å²) in [6, 6.07) is 1.88. The van der Waals surface area contributed by atoms with Crippen LogP contribution in [0.25, 0.3) is 5.78 Å². The number of halogens is 5. The normalized spacial score (nSPS) is 17.6. The lowest BCUT2D eigenvalue weighted by Gasteiger charge is -2.36. The van der Waals surface area contributed by atoms with Gasteiger partial charge in [-0.3, -0.25) is 19.4 Å². The Hall–Kier alpha value is -4.93. The number of alkyl halides is 4. The first-order valence-corrected chi connectivity index (χ1v) is 16.7. The fraction of sp³-hybridized carbons (Fsp3) is 0.455. The van der Waals surface area contributed by atoms with Crippen molar-refractivity contribution in [2.75, 3.05) is 54.4 Å². The molecular weight excluding hydrogens is 698 g/mol. The van der Waals surface area contributed by atoms with Crippen LogP contribution in [0.1, 0.15) is 43.5 Å². The first-order chi connectivity index (χ1) is 24.2. The Morgan fingerprint density at radius 3 is 2.49 bits per heavy atom. The average Bonchev–Trinajstić information content (AvgIpc) is 3.54. The van der Waals surface area contributed by atoms with Crippen LogP contribution in [-0.2, 0) is 28.7 Å². The number of hydrogen-bond acceptors (Lipinski definition) is 9. The van der Waals surface area contributed by atoms with E-state index >= 15 is 0 Å². The topological polar surface area (TPSA) is 141 Å². The molecule has 2 aliphatic heterocycles. The zero-order valence-corrected chi connectivity index (χ0v) is 29.1. The molecular formula is C33H38ClF4N9O4. The summed E-state index contributed by atoms with van der Waals surface area (Å²) in [4.78, 5) is 54.1. The summed E-state index contributed by atoms with van der Waals surface area (Å²) in [5.74, 6) is -1.37. The SMILES string of the molecule is C=N/C(C(=O)N1CCN(c2c(CC)n(CC(=O)Nc3cc(Cl)c(C(F)(F)F)cc3C)c3nc(N4CCCC(F)C4)nn3c2=O)CC1)=C(O)\C=C/C. The molecule has 2 N–H and O–H groups in total. The monoisotopic (exact) mass is 735 g/mol. The van der Waals surface area contributed by atoms with Gasteiger partial charge in [-0.05, 0) is 63.6 Å². The molecule has 51 heavy (non-hydrogen) atoms. The first-order valence-electron chi connectivity index (χ1n) is 16.3. The number of aryl methyl sites for hydroxylation is 1. The van der Waals surface area contributed by atoms with Crippen molar-refractivity contribution in [3.05, 3.63) is 67.9 Å². The van der Waals surface area contributed by atoms with Gasteiger partial charge in [-0.1, -0.05) is 24.6 Å². The van der Waals surface area contributed by atoms with Crippen molar-refractivity contribution in [1.82, 2.24) is 24.1 Å². The smallest absolute Gasteiger partial charge is 0.417 e. The quantitative estimate of drug-likeness (QED) is 0.106. The highest BCUT2D eigenvalue weighted by molar-refractivity contribution is 6.31. The Kier molecular flexibility index (Phi) is 11.1. The van der Waals surface area contributed by atoms with Crippen LogP contribution in [0.15, 0.2) is 45.5 Å². The Balaban J connectivity index is 1.53. The number of amides is 2. The second kappa shape index (κ2) is 15.1. The first kappa shape index (κ1) is 37.3. The van der Waals surface area contributed by atoms with E-state index in [1.54, 1.807) is 29.7 Å². The molecule has 0 radical (unpaired) electrons. The van der Waals surface area contributed by atoms with Gasteiger partial charge in [0, 0.05) is 38.4 Å². The minimum Gasteiger partial charge on any atom is -0.505 e. The van der Waals surface area contributed by atoms with Gasteiger partial charge < -0.3 is 29.7 Å². The molecule has 2 fully saturated rings. The van der Waals surface area contributed by atoms with Gasteiger partial charge in [0.1, 0.15) is 24.2 Å². The number of carbonyl (C=O) groups excluding carboxylic acids is 2. The van der Waals surface area contributed by atoms with E-state index in [2.05, 4.69) is 27.1 Å². The molecule has 274 valence electrons. The highest BCUT2D eigenvalue weighted by Gasteiger charge is 2.34. The summed E-state index contributed by atoms with van der Waals surface area (Å²) in [6.45, 7) is 9.05. The van der Waals surface area contributed by atoms with Gasteiger partial charge in [0.2, 0.25) is 17.6 Å². The van der Waals surface area contributed by atoms with Gasteiger partial charge in [0.25, 0.3) is 11.5 Å². The maximum Gasteiger partial charge on any atom is 0.417 e. The maximum absolute atomic E-state index is 14.4. The minimum atomic E-state index is -4.69. The lowest BCUT2D eigenvalue weighted by atomic mass is 10.1. The van der Waals surface area contributed by atoms with Crippen molar-refractivity contribution in [3.63, 3.8) is 0 Å². The van der Waals surface area contributed by atoms with Gasteiger partial charge >= 0.3 is 6.18 Å². The second-order valence-corrected chi connectivity index (χ2v) is 12.6. The number of benzene rings is 1. The van der Waals surface area contributed by atoms with Crippen LogP contribution in [0.3, 0.4) is 0 Å². The molecule has 3 aromatic rings. The van der Waals surface area contributed by atoms with E-state index in [9.17, 15) is 37.1 Å². The third kappa shape index (κ3) is 7.72. The predicted molar refractivity (Wildman–Crippen MR) is 186 cm³/mol. The molecule has 1 aromatic carbocycles. The number of fused-ring (bicyclic) bond motifs is 1. The van der Waals surface area contributed by atoms with Crippen molar-refractivity contribution in [2.45, 2.75) is 58.9 Å². The molecule has 18 heteroatoms. The average molecular weight is 736 g/mol. The van der Waals surface area contributed by atoms with Crippen LogP contribution in [0.5, 0.6) is 0 Å². The molecule has 2 saturated heterocycles. The van der Waals surface area contributed by atoms with Crippen LogP contribution < -0.4 is 20.7 Å². The molecule has 4 heterocycles. The molecule has 1 unspecified atom stereocenters. The molecule has 0 bridgehead atoms. The Bertz CT molecular complexity index is 1970. The van der Waals surface area contributed by atoms with Gasteiger partial charge in [-0.25, -0.2) is 4.39 Å². The van der Waals surface area contributed by atoms with Crippen molar-refractivity contribution in [1.29, 1.82) is 0 Å². The largest absolute Gasteiger partial charge is 0.505 e. The van der Waals surface area contributed by atoms with Crippen LogP contribution in [0.2, 0.25) is 5.02 Å². The van der Waals surface area contributed by atoms with Crippen molar-refractivity contribution < 1.29 is 32.3 Å². The molecule has 2 aromatic heterocycles. The van der Waals surface area contributed by atoms with E-state index in [0.29, 0.717) is 25.1 Å². The van der Waals surface area contributed by atoms with E-state index in [1.807, 2.05) is 0 Å². The highest BCUT2D eigenvalue weighted by Crippen LogP contribution is 2.37. The third-order valence-electron chi connectivity index (χ3n) is 8.80. The number of aromatic nitrogens is 4. The summed E-state index contributed by atoms with van der Waals surface area (Å²) >= 11 is 5.93. The Morgan fingerprint density at radius 2 is 1.88 bits per heavy atom. The van der Waals surface area contributed by atoms with Crippen LogP contribution >= 0.6 is 11.6 Å². The summed E-state index contributed by atoms with van der Waals surface area (Å²) in [7, 11) is 0. The number of rotatable bonds is 9. The molecule has 0 spiro atoms. The number of anilines is 3. The molecule has 2 amide bonds. The van der Waals surface area contributed by atoms with Gasteiger partial charge in [-0.2, -0.15) is 22.7 Å². The Morgan fingerprint density at radius 1 is 1.18 bits per heavy atom. The van der Waals surface area contributed by atoms with Crippen molar-refractivity contribution in [3.8, 4) is 0 Å². The number of nitrogens with zero attached hydrogens (tertiary/aromatic N) is 8. The van der Waals surface area contributed by atoms with E-state index in [1.165, 1.54) is 22.5 Å². The minimum absolute atomic E-state index is 0.0222. The number of piperazine rings is 1. The van der Waals surface area contributed by atoms with E-state index in [0.717, 1.165) is 16.6 Å². The number of nitrogens with one attached hydrogen (secondary N) is 1. The van der Waals surface area contributed by atoms with Crippen LogP contribution in [0.4, 0.5) is 34.9 Å². The van der Waals surface area contributed by atoms with Gasteiger partial charge in [0.15, 0.2) is 5.70 Å². The van der Waals surface area contributed by atoms with Gasteiger partial charge in [0.05, 0.1) is 22.8 Å².